The molecule has 8 heteroatoms. The lowest BCUT2D eigenvalue weighted by Gasteiger charge is -2.10. The number of hydrogen-bond donors (Lipinski definition) is 0. The summed E-state index contributed by atoms with van der Waals surface area (Å²) in [7, 11) is 0. The maximum absolute atomic E-state index is 14.3. The summed E-state index contributed by atoms with van der Waals surface area (Å²) in [5.74, 6) is 0.850. The fraction of sp³-hybridized carbons (Fsp3) is 0.214. The third kappa shape index (κ3) is 4.88. The van der Waals surface area contributed by atoms with E-state index in [9.17, 15) is 4.39 Å². The second-order valence-electron chi connectivity index (χ2n) is 8.89. The number of fused-ring (bicyclic) bond motifs is 1. The van der Waals surface area contributed by atoms with Crippen LogP contribution in [-0.4, -0.2) is 24.7 Å². The highest BCUT2D eigenvalue weighted by Crippen LogP contribution is 2.33. The SMILES string of the molecule is Cc1ccc(COc2cc(F)cc(Oc3ccc(-c4nn(C(C)C)c5ncnc(C)c45)cc3)c2)cn1. The van der Waals surface area contributed by atoms with Crippen LogP contribution in [0.3, 0.4) is 0 Å². The van der Waals surface area contributed by atoms with E-state index in [-0.39, 0.29) is 12.6 Å². The highest BCUT2D eigenvalue weighted by molar-refractivity contribution is 5.93. The van der Waals surface area contributed by atoms with Gasteiger partial charge in [0.2, 0.25) is 0 Å². The molecule has 0 saturated heterocycles. The van der Waals surface area contributed by atoms with Gasteiger partial charge in [0, 0.05) is 47.3 Å². The van der Waals surface area contributed by atoms with Crippen LogP contribution in [-0.2, 0) is 6.61 Å². The normalized spacial score (nSPS) is 11.3. The van der Waals surface area contributed by atoms with Crippen molar-refractivity contribution in [3.63, 3.8) is 0 Å². The number of nitrogens with zero attached hydrogens (tertiary/aromatic N) is 5. The zero-order valence-corrected chi connectivity index (χ0v) is 20.6. The number of hydrogen-bond acceptors (Lipinski definition) is 6. The van der Waals surface area contributed by atoms with Gasteiger partial charge in [-0.1, -0.05) is 6.07 Å². The van der Waals surface area contributed by atoms with Gasteiger partial charge in [0.15, 0.2) is 5.65 Å². The number of ether oxygens (including phenoxy) is 2. The molecule has 0 N–H and O–H groups in total. The molecule has 0 spiro atoms. The van der Waals surface area contributed by atoms with E-state index in [2.05, 4.69) is 28.8 Å². The molecule has 0 atom stereocenters. The third-order valence-corrected chi connectivity index (χ3v) is 5.75. The van der Waals surface area contributed by atoms with E-state index in [0.29, 0.717) is 17.2 Å². The molecule has 2 aromatic carbocycles. The average molecular weight is 484 g/mol. The first-order valence-corrected chi connectivity index (χ1v) is 11.7. The molecule has 5 rings (SSSR count). The number of pyridine rings is 1. The maximum Gasteiger partial charge on any atom is 0.162 e. The standard InChI is InChI=1S/C28H26FN5O2/c1-17(2)34-28-26(19(4)31-16-32-28)27(33-34)21-7-9-23(10-8-21)36-25-12-22(29)11-24(13-25)35-15-20-6-5-18(3)30-14-20/h5-14,16-17H,15H2,1-4H3. The molecular formula is C28H26FN5O2. The van der Waals surface area contributed by atoms with Gasteiger partial charge in [-0.15, -0.1) is 0 Å². The van der Waals surface area contributed by atoms with E-state index < -0.39 is 5.82 Å². The lowest BCUT2D eigenvalue weighted by Crippen LogP contribution is -2.03. The number of rotatable bonds is 7. The van der Waals surface area contributed by atoms with Crippen LogP contribution in [0.2, 0.25) is 0 Å². The van der Waals surface area contributed by atoms with Gasteiger partial charge in [-0.3, -0.25) is 4.98 Å². The highest BCUT2D eigenvalue weighted by atomic mass is 19.1. The van der Waals surface area contributed by atoms with Gasteiger partial charge in [0.25, 0.3) is 0 Å². The summed E-state index contributed by atoms with van der Waals surface area (Å²) in [5.41, 5.74) is 5.24. The Hall–Kier alpha value is -4.33. The molecule has 0 aliphatic heterocycles. The number of aromatic nitrogens is 5. The van der Waals surface area contributed by atoms with Crippen molar-refractivity contribution in [3.05, 3.63) is 89.9 Å². The Balaban J connectivity index is 1.36. The van der Waals surface area contributed by atoms with Crippen LogP contribution < -0.4 is 9.47 Å². The summed E-state index contributed by atoms with van der Waals surface area (Å²) in [6, 6.07) is 15.8. The predicted molar refractivity (Wildman–Crippen MR) is 136 cm³/mol. The quantitative estimate of drug-likeness (QED) is 0.260. The Morgan fingerprint density at radius 2 is 1.67 bits per heavy atom. The lowest BCUT2D eigenvalue weighted by atomic mass is 10.1. The molecular weight excluding hydrogens is 457 g/mol. The smallest absolute Gasteiger partial charge is 0.162 e. The molecule has 0 fully saturated rings. The van der Waals surface area contributed by atoms with Crippen molar-refractivity contribution in [3.8, 4) is 28.5 Å². The van der Waals surface area contributed by atoms with Gasteiger partial charge in [-0.25, -0.2) is 19.0 Å². The lowest BCUT2D eigenvalue weighted by molar-refractivity contribution is 0.302. The van der Waals surface area contributed by atoms with Crippen LogP contribution in [0.1, 0.15) is 36.8 Å². The van der Waals surface area contributed by atoms with Crippen LogP contribution in [0.5, 0.6) is 17.2 Å². The summed E-state index contributed by atoms with van der Waals surface area (Å²) in [6.45, 7) is 8.29. The average Bonchev–Trinajstić information content (AvgIpc) is 3.25. The Morgan fingerprint density at radius 3 is 2.39 bits per heavy atom. The van der Waals surface area contributed by atoms with Crippen molar-refractivity contribution < 1.29 is 13.9 Å². The van der Waals surface area contributed by atoms with Crippen LogP contribution in [0, 0.1) is 19.7 Å². The van der Waals surface area contributed by atoms with Crippen molar-refractivity contribution in [2.24, 2.45) is 0 Å². The topological polar surface area (TPSA) is 75.0 Å². The summed E-state index contributed by atoms with van der Waals surface area (Å²) in [5, 5.41) is 5.74. The van der Waals surface area contributed by atoms with E-state index >= 15 is 0 Å². The minimum Gasteiger partial charge on any atom is -0.489 e. The van der Waals surface area contributed by atoms with Gasteiger partial charge in [0.05, 0.1) is 11.1 Å². The van der Waals surface area contributed by atoms with Crippen LogP contribution in [0.25, 0.3) is 22.3 Å². The minimum absolute atomic E-state index is 0.157. The molecule has 182 valence electrons. The fourth-order valence-corrected chi connectivity index (χ4v) is 3.93. The van der Waals surface area contributed by atoms with Crippen LogP contribution >= 0.6 is 0 Å². The summed E-state index contributed by atoms with van der Waals surface area (Å²) < 4.78 is 27.9. The first-order chi connectivity index (χ1) is 17.4. The summed E-state index contributed by atoms with van der Waals surface area (Å²) >= 11 is 0. The largest absolute Gasteiger partial charge is 0.489 e. The molecule has 36 heavy (non-hydrogen) atoms. The Morgan fingerprint density at radius 1 is 0.889 bits per heavy atom. The van der Waals surface area contributed by atoms with Gasteiger partial charge < -0.3 is 9.47 Å². The van der Waals surface area contributed by atoms with Crippen molar-refractivity contribution in [2.45, 2.75) is 40.3 Å². The van der Waals surface area contributed by atoms with Crippen molar-refractivity contribution in [1.82, 2.24) is 24.7 Å². The molecule has 0 amide bonds. The van der Waals surface area contributed by atoms with Crippen LogP contribution in [0.15, 0.2) is 67.1 Å². The molecule has 7 nitrogen and oxygen atoms in total. The van der Waals surface area contributed by atoms with Gasteiger partial charge in [0.1, 0.15) is 41.7 Å². The predicted octanol–water partition coefficient (Wildman–Crippen LogP) is 6.60. The van der Waals surface area contributed by atoms with E-state index in [1.807, 2.05) is 54.9 Å². The molecule has 3 heterocycles. The number of benzene rings is 2. The Bertz CT molecular complexity index is 1510. The molecule has 3 aromatic heterocycles. The van der Waals surface area contributed by atoms with Crippen molar-refractivity contribution in [2.75, 3.05) is 0 Å². The fourth-order valence-electron chi connectivity index (χ4n) is 3.93. The Labute approximate surface area is 208 Å². The van der Waals surface area contributed by atoms with Crippen molar-refractivity contribution in [1.29, 1.82) is 0 Å². The molecule has 0 aliphatic rings. The number of halogens is 1. The number of aryl methyl sites for hydroxylation is 2. The molecule has 0 bridgehead atoms. The zero-order valence-electron chi connectivity index (χ0n) is 20.6. The maximum atomic E-state index is 14.3. The highest BCUT2D eigenvalue weighted by Gasteiger charge is 2.18. The van der Waals surface area contributed by atoms with Gasteiger partial charge >= 0.3 is 0 Å². The van der Waals surface area contributed by atoms with Crippen LogP contribution in [0.4, 0.5) is 4.39 Å². The molecule has 0 aliphatic carbocycles. The first-order valence-electron chi connectivity index (χ1n) is 11.7. The third-order valence-electron chi connectivity index (χ3n) is 5.75. The van der Waals surface area contributed by atoms with E-state index in [1.165, 1.54) is 12.1 Å². The Kier molecular flexibility index (Phi) is 6.33. The first kappa shape index (κ1) is 23.4. The van der Waals surface area contributed by atoms with Gasteiger partial charge in [-0.2, -0.15) is 5.10 Å². The molecule has 0 radical (unpaired) electrons. The summed E-state index contributed by atoms with van der Waals surface area (Å²) in [4.78, 5) is 13.1. The second kappa shape index (κ2) is 9.73. The summed E-state index contributed by atoms with van der Waals surface area (Å²) in [6.07, 6.45) is 3.31. The monoisotopic (exact) mass is 483 g/mol. The minimum atomic E-state index is -0.442. The molecule has 0 saturated carbocycles. The van der Waals surface area contributed by atoms with Crippen molar-refractivity contribution >= 4 is 11.0 Å². The van der Waals surface area contributed by atoms with Gasteiger partial charge in [-0.05, 0) is 58.0 Å². The van der Waals surface area contributed by atoms with E-state index in [1.54, 1.807) is 18.6 Å². The van der Waals surface area contributed by atoms with E-state index in [0.717, 1.165) is 39.2 Å². The zero-order chi connectivity index (χ0) is 25.2. The van der Waals surface area contributed by atoms with E-state index in [4.69, 9.17) is 14.6 Å². The second-order valence-corrected chi connectivity index (χ2v) is 8.89. The molecule has 5 aromatic rings. The molecule has 0 unspecified atom stereocenters.